The summed E-state index contributed by atoms with van der Waals surface area (Å²) in [7, 11) is 0. The SMILES string of the molecule is CCNC(c1ccc2c(c1)CC(C)O2)C1CCOC1C. The molecule has 4 atom stereocenters. The van der Waals surface area contributed by atoms with E-state index in [9.17, 15) is 0 Å². The number of fused-ring (bicyclic) bond motifs is 1. The van der Waals surface area contributed by atoms with E-state index in [1.165, 1.54) is 11.1 Å². The summed E-state index contributed by atoms with van der Waals surface area (Å²) in [5.74, 6) is 1.62. The van der Waals surface area contributed by atoms with Crippen LogP contribution in [0.5, 0.6) is 5.75 Å². The fraction of sp³-hybridized carbons (Fsp3) is 0.647. The molecule has 1 fully saturated rings. The van der Waals surface area contributed by atoms with Gasteiger partial charge in [-0.3, -0.25) is 0 Å². The van der Waals surface area contributed by atoms with Crippen LogP contribution in [0, 0.1) is 5.92 Å². The molecule has 1 N–H and O–H groups in total. The van der Waals surface area contributed by atoms with Gasteiger partial charge in [0.1, 0.15) is 11.9 Å². The zero-order valence-corrected chi connectivity index (χ0v) is 12.7. The highest BCUT2D eigenvalue weighted by molar-refractivity contribution is 5.41. The summed E-state index contributed by atoms with van der Waals surface area (Å²) < 4.78 is 11.6. The van der Waals surface area contributed by atoms with Gasteiger partial charge in [-0.15, -0.1) is 0 Å². The Morgan fingerprint density at radius 1 is 1.35 bits per heavy atom. The highest BCUT2D eigenvalue weighted by Crippen LogP contribution is 2.37. The Kier molecular flexibility index (Phi) is 3.99. The summed E-state index contributed by atoms with van der Waals surface area (Å²) in [6.07, 6.45) is 2.82. The van der Waals surface area contributed by atoms with Gasteiger partial charge in [0.2, 0.25) is 0 Å². The molecule has 0 saturated carbocycles. The number of benzene rings is 1. The lowest BCUT2D eigenvalue weighted by Gasteiger charge is -2.27. The van der Waals surface area contributed by atoms with Gasteiger partial charge in [0.05, 0.1) is 6.10 Å². The second-order valence-corrected chi connectivity index (χ2v) is 6.06. The molecule has 0 spiro atoms. The van der Waals surface area contributed by atoms with Crippen molar-refractivity contribution in [3.63, 3.8) is 0 Å². The monoisotopic (exact) mass is 275 g/mol. The summed E-state index contributed by atoms with van der Waals surface area (Å²) in [6.45, 7) is 8.37. The molecule has 2 aliphatic heterocycles. The Hall–Kier alpha value is -1.06. The maximum atomic E-state index is 5.80. The van der Waals surface area contributed by atoms with E-state index in [0.717, 1.165) is 31.7 Å². The summed E-state index contributed by atoms with van der Waals surface area (Å²) in [6, 6.07) is 7.07. The second-order valence-electron chi connectivity index (χ2n) is 6.06. The smallest absolute Gasteiger partial charge is 0.123 e. The van der Waals surface area contributed by atoms with Crippen molar-refractivity contribution in [2.45, 2.75) is 51.9 Å². The molecule has 3 heteroatoms. The van der Waals surface area contributed by atoms with Crippen LogP contribution in [0.2, 0.25) is 0 Å². The van der Waals surface area contributed by atoms with E-state index < -0.39 is 0 Å². The normalized spacial score (nSPS) is 30.1. The van der Waals surface area contributed by atoms with Crippen LogP contribution in [0.25, 0.3) is 0 Å². The summed E-state index contributed by atoms with van der Waals surface area (Å²) in [5, 5.41) is 3.65. The molecule has 2 heterocycles. The highest BCUT2D eigenvalue weighted by atomic mass is 16.5. The zero-order valence-electron chi connectivity index (χ0n) is 12.7. The van der Waals surface area contributed by atoms with Gasteiger partial charge in [0.25, 0.3) is 0 Å². The Morgan fingerprint density at radius 3 is 2.90 bits per heavy atom. The number of rotatable bonds is 4. The Labute approximate surface area is 121 Å². The summed E-state index contributed by atoms with van der Waals surface area (Å²) >= 11 is 0. The minimum absolute atomic E-state index is 0.312. The molecule has 0 amide bonds. The highest BCUT2D eigenvalue weighted by Gasteiger charge is 2.33. The number of nitrogens with one attached hydrogen (secondary N) is 1. The Bertz CT molecular complexity index is 474. The quantitative estimate of drug-likeness (QED) is 0.916. The van der Waals surface area contributed by atoms with Crippen molar-refractivity contribution in [3.8, 4) is 5.75 Å². The van der Waals surface area contributed by atoms with Crippen LogP contribution in [-0.4, -0.2) is 25.4 Å². The molecule has 4 unspecified atom stereocenters. The number of hydrogen-bond donors (Lipinski definition) is 1. The third-order valence-corrected chi connectivity index (χ3v) is 4.57. The molecule has 3 nitrogen and oxygen atoms in total. The van der Waals surface area contributed by atoms with Gasteiger partial charge in [0.15, 0.2) is 0 Å². The molecule has 2 aliphatic rings. The van der Waals surface area contributed by atoms with Crippen molar-refractivity contribution in [3.05, 3.63) is 29.3 Å². The average Bonchev–Trinajstić information content (AvgIpc) is 3.00. The molecule has 1 aromatic rings. The van der Waals surface area contributed by atoms with E-state index in [1.807, 2.05) is 0 Å². The molecule has 0 radical (unpaired) electrons. The second kappa shape index (κ2) is 5.74. The first-order chi connectivity index (χ1) is 9.69. The van der Waals surface area contributed by atoms with E-state index in [2.05, 4.69) is 44.3 Å². The Balaban J connectivity index is 1.86. The molecule has 1 saturated heterocycles. The minimum atomic E-state index is 0.312. The predicted octanol–water partition coefficient (Wildman–Crippen LogP) is 3.09. The first-order valence-corrected chi connectivity index (χ1v) is 7.83. The average molecular weight is 275 g/mol. The third-order valence-electron chi connectivity index (χ3n) is 4.57. The van der Waals surface area contributed by atoms with Crippen molar-refractivity contribution < 1.29 is 9.47 Å². The number of ether oxygens (including phenoxy) is 2. The van der Waals surface area contributed by atoms with Crippen LogP contribution in [0.1, 0.15) is 44.4 Å². The van der Waals surface area contributed by atoms with Gasteiger partial charge in [-0.1, -0.05) is 19.1 Å². The van der Waals surface area contributed by atoms with Crippen LogP contribution in [0.15, 0.2) is 18.2 Å². The molecular weight excluding hydrogens is 250 g/mol. The largest absolute Gasteiger partial charge is 0.490 e. The van der Waals surface area contributed by atoms with E-state index in [4.69, 9.17) is 9.47 Å². The zero-order chi connectivity index (χ0) is 14.1. The lowest BCUT2D eigenvalue weighted by atomic mass is 9.87. The van der Waals surface area contributed by atoms with Crippen molar-refractivity contribution >= 4 is 0 Å². The van der Waals surface area contributed by atoms with Crippen molar-refractivity contribution in [1.29, 1.82) is 0 Å². The standard InChI is InChI=1S/C17H25NO2/c1-4-18-17(15-7-8-19-12(15)3)13-5-6-16-14(10-13)9-11(2)20-16/h5-6,10-12,15,17-18H,4,7-9H2,1-3H3. The van der Waals surface area contributed by atoms with Crippen LogP contribution in [-0.2, 0) is 11.2 Å². The first-order valence-electron chi connectivity index (χ1n) is 7.83. The van der Waals surface area contributed by atoms with Gasteiger partial charge < -0.3 is 14.8 Å². The topological polar surface area (TPSA) is 30.5 Å². The molecular formula is C17H25NO2. The van der Waals surface area contributed by atoms with Gasteiger partial charge in [-0.05, 0) is 44.0 Å². The van der Waals surface area contributed by atoms with Crippen molar-refractivity contribution in [2.24, 2.45) is 5.92 Å². The Morgan fingerprint density at radius 2 is 2.20 bits per heavy atom. The van der Waals surface area contributed by atoms with Crippen LogP contribution in [0.3, 0.4) is 0 Å². The lowest BCUT2D eigenvalue weighted by molar-refractivity contribution is 0.0956. The summed E-state index contributed by atoms with van der Waals surface area (Å²) in [4.78, 5) is 0. The van der Waals surface area contributed by atoms with Crippen LogP contribution in [0.4, 0.5) is 0 Å². The van der Waals surface area contributed by atoms with Crippen molar-refractivity contribution in [2.75, 3.05) is 13.2 Å². The molecule has 0 aromatic heterocycles. The van der Waals surface area contributed by atoms with Gasteiger partial charge in [-0.25, -0.2) is 0 Å². The van der Waals surface area contributed by atoms with Gasteiger partial charge in [-0.2, -0.15) is 0 Å². The fourth-order valence-electron chi connectivity index (χ4n) is 3.56. The molecule has 20 heavy (non-hydrogen) atoms. The van der Waals surface area contributed by atoms with E-state index in [1.54, 1.807) is 0 Å². The molecule has 1 aromatic carbocycles. The van der Waals surface area contributed by atoms with E-state index >= 15 is 0 Å². The maximum absolute atomic E-state index is 5.80. The van der Waals surface area contributed by atoms with Crippen LogP contribution >= 0.6 is 0 Å². The maximum Gasteiger partial charge on any atom is 0.123 e. The first kappa shape index (κ1) is 13.9. The van der Waals surface area contributed by atoms with Gasteiger partial charge >= 0.3 is 0 Å². The van der Waals surface area contributed by atoms with E-state index in [-0.39, 0.29) is 0 Å². The fourth-order valence-corrected chi connectivity index (χ4v) is 3.56. The summed E-state index contributed by atoms with van der Waals surface area (Å²) in [5.41, 5.74) is 2.73. The predicted molar refractivity (Wildman–Crippen MR) is 80.2 cm³/mol. The molecule has 110 valence electrons. The minimum Gasteiger partial charge on any atom is -0.490 e. The van der Waals surface area contributed by atoms with Crippen molar-refractivity contribution in [1.82, 2.24) is 5.32 Å². The third kappa shape index (κ3) is 2.57. The molecule has 0 bridgehead atoms. The van der Waals surface area contributed by atoms with Crippen LogP contribution < -0.4 is 10.1 Å². The van der Waals surface area contributed by atoms with Gasteiger partial charge in [0, 0.05) is 25.0 Å². The van der Waals surface area contributed by atoms with E-state index in [0.29, 0.717) is 24.2 Å². The molecule has 0 aliphatic carbocycles. The molecule has 3 rings (SSSR count). The number of hydrogen-bond acceptors (Lipinski definition) is 3. The lowest BCUT2D eigenvalue weighted by Crippen LogP contribution is -2.31.